The Bertz CT molecular complexity index is 780. The fourth-order valence-corrected chi connectivity index (χ4v) is 7.57. The van der Waals surface area contributed by atoms with Crippen molar-refractivity contribution in [3.05, 3.63) is 0 Å². The number of hydrogen-bond acceptors (Lipinski definition) is 8. The minimum atomic E-state index is -0.414. The van der Waals surface area contributed by atoms with Crippen LogP contribution in [0.15, 0.2) is 0 Å². The van der Waals surface area contributed by atoms with Gasteiger partial charge in [-0.2, -0.15) is 0 Å². The summed E-state index contributed by atoms with van der Waals surface area (Å²) in [6.07, 6.45) is 24.3. The van der Waals surface area contributed by atoms with Crippen LogP contribution in [0.5, 0.6) is 0 Å². The molecule has 0 aromatic rings. The first kappa shape index (κ1) is 41.9. The standard InChI is InChI=1S/C39H73NO7/c1-4-6-7-12-20-34-31-35(23-22-33(34)19-5-2)39(43)45-30-18-11-10-15-27-40(28-16-17-29-41)26-14-9-8-13-21-37(42)47-38-25-24-36(46-38)32-44-3/h33-36,38,41H,4-32H2,1-3H3. The van der Waals surface area contributed by atoms with Gasteiger partial charge < -0.3 is 29.0 Å². The van der Waals surface area contributed by atoms with Crippen LogP contribution in [0.2, 0.25) is 0 Å². The second kappa shape index (κ2) is 27.6. The third kappa shape index (κ3) is 19.5. The van der Waals surface area contributed by atoms with Crippen molar-refractivity contribution in [3.8, 4) is 0 Å². The molecule has 0 bridgehead atoms. The summed E-state index contributed by atoms with van der Waals surface area (Å²) in [7, 11) is 1.66. The fourth-order valence-electron chi connectivity index (χ4n) is 7.57. The molecule has 47 heavy (non-hydrogen) atoms. The number of carbonyl (C=O) groups is 2. The molecule has 2 rings (SSSR count). The molecule has 0 aromatic carbocycles. The van der Waals surface area contributed by atoms with E-state index in [1.807, 2.05) is 0 Å². The van der Waals surface area contributed by atoms with Crippen molar-refractivity contribution in [3.63, 3.8) is 0 Å². The largest absolute Gasteiger partial charge is 0.465 e. The van der Waals surface area contributed by atoms with Crippen molar-refractivity contribution < 1.29 is 33.6 Å². The van der Waals surface area contributed by atoms with Gasteiger partial charge in [0.25, 0.3) is 0 Å². The smallest absolute Gasteiger partial charge is 0.308 e. The molecule has 1 saturated heterocycles. The van der Waals surface area contributed by atoms with Gasteiger partial charge in [-0.3, -0.25) is 9.59 Å². The van der Waals surface area contributed by atoms with E-state index in [4.69, 9.17) is 18.9 Å². The second-order valence-corrected chi connectivity index (χ2v) is 14.4. The maximum Gasteiger partial charge on any atom is 0.308 e. The molecule has 8 heteroatoms. The Balaban J connectivity index is 1.54. The fraction of sp³-hybridized carbons (Fsp3) is 0.949. The zero-order valence-electron chi connectivity index (χ0n) is 30.7. The highest BCUT2D eigenvalue weighted by Gasteiger charge is 2.34. The van der Waals surface area contributed by atoms with E-state index in [9.17, 15) is 14.7 Å². The number of unbranched alkanes of at least 4 members (excludes halogenated alkanes) is 10. The van der Waals surface area contributed by atoms with Gasteiger partial charge in [-0.05, 0) is 95.7 Å². The van der Waals surface area contributed by atoms with Crippen molar-refractivity contribution in [1.29, 1.82) is 0 Å². The molecule has 2 fully saturated rings. The van der Waals surface area contributed by atoms with Crippen molar-refractivity contribution in [1.82, 2.24) is 4.90 Å². The highest BCUT2D eigenvalue weighted by molar-refractivity contribution is 5.72. The molecular formula is C39H73NO7. The molecular weight excluding hydrogens is 594 g/mol. The summed E-state index contributed by atoms with van der Waals surface area (Å²) in [6, 6.07) is 0. The lowest BCUT2D eigenvalue weighted by molar-refractivity contribution is -0.177. The van der Waals surface area contributed by atoms with Crippen LogP contribution in [0.1, 0.15) is 162 Å². The molecule has 1 aliphatic carbocycles. The van der Waals surface area contributed by atoms with Crippen LogP contribution < -0.4 is 0 Å². The lowest BCUT2D eigenvalue weighted by Gasteiger charge is -2.35. The summed E-state index contributed by atoms with van der Waals surface area (Å²) >= 11 is 0. The van der Waals surface area contributed by atoms with Crippen LogP contribution in [0, 0.1) is 17.8 Å². The molecule has 1 heterocycles. The van der Waals surface area contributed by atoms with E-state index in [1.165, 1.54) is 51.4 Å². The van der Waals surface area contributed by atoms with Crippen LogP contribution in [-0.2, 0) is 28.5 Å². The minimum absolute atomic E-state index is 0.0330. The normalized spacial score (nSPS) is 23.0. The number of aliphatic hydroxyl groups is 1. The molecule has 0 amide bonds. The summed E-state index contributed by atoms with van der Waals surface area (Å²) in [5, 5.41) is 9.24. The Kier molecular flexibility index (Phi) is 24.6. The number of carbonyl (C=O) groups excluding carboxylic acids is 2. The molecule has 2 aliphatic rings. The Morgan fingerprint density at radius 3 is 2.15 bits per heavy atom. The SMILES string of the molecule is CCCCCCC1CC(C(=O)OCCCCCCN(CCCCO)CCCCCCC(=O)OC2CCC(COC)O2)CCC1CCC. The number of aliphatic hydroxyl groups excluding tert-OH is 1. The summed E-state index contributed by atoms with van der Waals surface area (Å²) in [6.45, 7) is 9.07. The molecule has 1 N–H and O–H groups in total. The van der Waals surface area contributed by atoms with Crippen LogP contribution in [0.25, 0.3) is 0 Å². The van der Waals surface area contributed by atoms with Gasteiger partial charge in [0, 0.05) is 26.6 Å². The van der Waals surface area contributed by atoms with Gasteiger partial charge in [0.15, 0.2) is 0 Å². The van der Waals surface area contributed by atoms with E-state index in [2.05, 4.69) is 18.7 Å². The first-order chi connectivity index (χ1) is 23.0. The molecule has 8 nitrogen and oxygen atoms in total. The zero-order chi connectivity index (χ0) is 34.0. The van der Waals surface area contributed by atoms with Crippen LogP contribution in [0.3, 0.4) is 0 Å². The number of rotatable bonds is 29. The van der Waals surface area contributed by atoms with Crippen LogP contribution in [0.4, 0.5) is 0 Å². The van der Waals surface area contributed by atoms with E-state index in [-0.39, 0.29) is 30.6 Å². The van der Waals surface area contributed by atoms with Gasteiger partial charge in [-0.15, -0.1) is 0 Å². The lowest BCUT2D eigenvalue weighted by Crippen LogP contribution is -2.30. The van der Waals surface area contributed by atoms with Gasteiger partial charge in [0.1, 0.15) is 0 Å². The van der Waals surface area contributed by atoms with E-state index < -0.39 is 6.29 Å². The molecule has 1 saturated carbocycles. The highest BCUT2D eigenvalue weighted by atomic mass is 16.7. The third-order valence-corrected chi connectivity index (χ3v) is 10.3. The Hall–Kier alpha value is -1.22. The molecule has 0 spiro atoms. The first-order valence-corrected chi connectivity index (χ1v) is 19.8. The van der Waals surface area contributed by atoms with Gasteiger partial charge >= 0.3 is 11.9 Å². The van der Waals surface area contributed by atoms with Crippen molar-refractivity contribution >= 4 is 11.9 Å². The predicted molar refractivity (Wildman–Crippen MR) is 189 cm³/mol. The molecule has 0 aromatic heterocycles. The summed E-state index contributed by atoms with van der Waals surface area (Å²) in [5.41, 5.74) is 0. The Morgan fingerprint density at radius 1 is 0.745 bits per heavy atom. The summed E-state index contributed by atoms with van der Waals surface area (Å²) in [4.78, 5) is 27.6. The maximum atomic E-state index is 12.9. The highest BCUT2D eigenvalue weighted by Crippen LogP contribution is 2.40. The third-order valence-electron chi connectivity index (χ3n) is 10.3. The van der Waals surface area contributed by atoms with Gasteiger partial charge in [0.2, 0.25) is 6.29 Å². The topological polar surface area (TPSA) is 94.5 Å². The molecule has 276 valence electrons. The quantitative estimate of drug-likeness (QED) is 0.0626. The average Bonchev–Trinajstić information content (AvgIpc) is 3.51. The number of ether oxygens (including phenoxy) is 4. The number of hydrogen-bond donors (Lipinski definition) is 1. The van der Waals surface area contributed by atoms with Crippen LogP contribution >= 0.6 is 0 Å². The minimum Gasteiger partial charge on any atom is -0.465 e. The number of esters is 2. The van der Waals surface area contributed by atoms with Crippen molar-refractivity contribution in [2.75, 3.05) is 46.6 Å². The molecule has 0 radical (unpaired) electrons. The first-order valence-electron chi connectivity index (χ1n) is 19.8. The Morgan fingerprint density at radius 2 is 1.45 bits per heavy atom. The maximum absolute atomic E-state index is 12.9. The van der Waals surface area contributed by atoms with E-state index in [1.54, 1.807) is 7.11 Å². The lowest BCUT2D eigenvalue weighted by atomic mass is 9.70. The summed E-state index contributed by atoms with van der Waals surface area (Å²) in [5.74, 6) is 1.52. The molecule has 5 atom stereocenters. The Labute approximate surface area is 288 Å². The van der Waals surface area contributed by atoms with Gasteiger partial charge in [-0.25, -0.2) is 0 Å². The number of nitrogens with zero attached hydrogens (tertiary/aromatic N) is 1. The average molecular weight is 668 g/mol. The van der Waals surface area contributed by atoms with Crippen molar-refractivity contribution in [2.45, 2.75) is 174 Å². The zero-order valence-corrected chi connectivity index (χ0v) is 30.7. The van der Waals surface area contributed by atoms with E-state index >= 15 is 0 Å². The second-order valence-electron chi connectivity index (χ2n) is 14.4. The van der Waals surface area contributed by atoms with E-state index in [0.717, 1.165) is 115 Å². The molecule has 1 aliphatic heterocycles. The predicted octanol–water partition coefficient (Wildman–Crippen LogP) is 8.61. The van der Waals surface area contributed by atoms with Gasteiger partial charge in [-0.1, -0.05) is 84.5 Å². The van der Waals surface area contributed by atoms with Gasteiger partial charge in [0.05, 0.1) is 25.2 Å². The van der Waals surface area contributed by atoms with E-state index in [0.29, 0.717) is 25.6 Å². The number of methoxy groups -OCH3 is 1. The van der Waals surface area contributed by atoms with Crippen molar-refractivity contribution in [2.24, 2.45) is 17.8 Å². The summed E-state index contributed by atoms with van der Waals surface area (Å²) < 4.78 is 22.1. The monoisotopic (exact) mass is 668 g/mol. The van der Waals surface area contributed by atoms with Crippen LogP contribution in [-0.4, -0.2) is 80.9 Å². The molecule has 5 unspecified atom stereocenters.